The largest absolute Gasteiger partial charge is 0.497 e. The van der Waals surface area contributed by atoms with Crippen LogP contribution in [0.5, 0.6) is 23.0 Å². The van der Waals surface area contributed by atoms with Crippen molar-refractivity contribution >= 4 is 26.9 Å². The highest BCUT2D eigenvalue weighted by Gasteiger charge is 2.15. The molecule has 0 saturated carbocycles. The van der Waals surface area contributed by atoms with Gasteiger partial charge in [0, 0.05) is 6.07 Å². The number of hydrogen-bond donors (Lipinski definition) is 0. The van der Waals surface area contributed by atoms with Gasteiger partial charge in [0.2, 0.25) is 11.2 Å². The third-order valence-electron chi connectivity index (χ3n) is 4.60. The van der Waals surface area contributed by atoms with Crippen LogP contribution in [-0.2, 0) is 6.61 Å². The van der Waals surface area contributed by atoms with Gasteiger partial charge in [0.15, 0.2) is 0 Å². The van der Waals surface area contributed by atoms with E-state index in [2.05, 4.69) is 15.9 Å². The van der Waals surface area contributed by atoms with E-state index in [1.165, 1.54) is 0 Å². The molecule has 5 nitrogen and oxygen atoms in total. The van der Waals surface area contributed by atoms with Crippen molar-refractivity contribution in [1.82, 2.24) is 0 Å². The molecule has 0 aliphatic rings. The molecular formula is C24H19BrO5. The Hall–Kier alpha value is -3.25. The van der Waals surface area contributed by atoms with E-state index in [9.17, 15) is 4.79 Å². The second-order valence-corrected chi connectivity index (χ2v) is 7.50. The summed E-state index contributed by atoms with van der Waals surface area (Å²) >= 11 is 3.43. The first kappa shape index (κ1) is 20.0. The van der Waals surface area contributed by atoms with E-state index in [1.807, 2.05) is 42.5 Å². The minimum atomic E-state index is -0.230. The molecule has 6 heteroatoms. The quantitative estimate of drug-likeness (QED) is 0.336. The number of ether oxygens (including phenoxy) is 3. The maximum absolute atomic E-state index is 13.0. The second-order valence-electron chi connectivity index (χ2n) is 6.64. The van der Waals surface area contributed by atoms with Crippen LogP contribution in [0.3, 0.4) is 0 Å². The topological polar surface area (TPSA) is 57.9 Å². The molecule has 0 radical (unpaired) electrons. The van der Waals surface area contributed by atoms with Gasteiger partial charge >= 0.3 is 0 Å². The zero-order chi connectivity index (χ0) is 21.1. The van der Waals surface area contributed by atoms with E-state index >= 15 is 0 Å². The molecule has 0 unspecified atom stereocenters. The minimum Gasteiger partial charge on any atom is -0.497 e. The van der Waals surface area contributed by atoms with Crippen LogP contribution in [0.4, 0.5) is 0 Å². The SMILES string of the molecule is COc1ccc(COc2ccc3c(=O)c(Oc4ccccc4Br)c(C)oc3c2)cc1. The highest BCUT2D eigenvalue weighted by molar-refractivity contribution is 9.10. The van der Waals surface area contributed by atoms with Gasteiger partial charge in [0.1, 0.15) is 35.2 Å². The molecule has 1 aromatic heterocycles. The standard InChI is InChI=1S/C24H19BrO5/c1-15-24(30-21-6-4-3-5-20(21)25)23(26)19-12-11-18(13-22(19)29-15)28-14-16-7-9-17(27-2)10-8-16/h3-13H,14H2,1-2H3. The summed E-state index contributed by atoms with van der Waals surface area (Å²) in [5.41, 5.74) is 1.22. The number of halogens is 1. The van der Waals surface area contributed by atoms with Crippen LogP contribution in [0.2, 0.25) is 0 Å². The van der Waals surface area contributed by atoms with E-state index in [1.54, 1.807) is 38.3 Å². The number of benzene rings is 3. The Kier molecular flexibility index (Phi) is 5.77. The molecule has 4 rings (SSSR count). The molecule has 0 N–H and O–H groups in total. The van der Waals surface area contributed by atoms with Gasteiger partial charge in [-0.05, 0) is 64.8 Å². The highest BCUT2D eigenvalue weighted by atomic mass is 79.9. The molecule has 0 fully saturated rings. The molecule has 0 aliphatic carbocycles. The summed E-state index contributed by atoms with van der Waals surface area (Å²) in [6.45, 7) is 2.10. The summed E-state index contributed by atoms with van der Waals surface area (Å²) in [6.07, 6.45) is 0. The molecule has 152 valence electrons. The molecule has 0 amide bonds. The molecule has 4 aromatic rings. The number of methoxy groups -OCH3 is 1. The third-order valence-corrected chi connectivity index (χ3v) is 5.26. The van der Waals surface area contributed by atoms with Crippen molar-refractivity contribution in [3.05, 3.63) is 92.7 Å². The van der Waals surface area contributed by atoms with Gasteiger partial charge in [-0.15, -0.1) is 0 Å². The molecule has 0 saturated heterocycles. The van der Waals surface area contributed by atoms with Crippen LogP contribution in [0.1, 0.15) is 11.3 Å². The number of fused-ring (bicyclic) bond motifs is 1. The van der Waals surface area contributed by atoms with Gasteiger partial charge in [-0.25, -0.2) is 0 Å². The Balaban J connectivity index is 1.59. The maximum atomic E-state index is 13.0. The zero-order valence-electron chi connectivity index (χ0n) is 16.5. The van der Waals surface area contributed by atoms with Crippen LogP contribution >= 0.6 is 15.9 Å². The maximum Gasteiger partial charge on any atom is 0.235 e. The van der Waals surface area contributed by atoms with Crippen molar-refractivity contribution in [2.75, 3.05) is 7.11 Å². The fourth-order valence-electron chi connectivity index (χ4n) is 3.00. The molecule has 0 spiro atoms. The van der Waals surface area contributed by atoms with Crippen molar-refractivity contribution in [3.63, 3.8) is 0 Å². The molecule has 0 bridgehead atoms. The van der Waals surface area contributed by atoms with Gasteiger partial charge in [0.25, 0.3) is 0 Å². The van der Waals surface area contributed by atoms with Crippen molar-refractivity contribution in [1.29, 1.82) is 0 Å². The Morgan fingerprint density at radius 3 is 2.43 bits per heavy atom. The van der Waals surface area contributed by atoms with Crippen LogP contribution in [0.25, 0.3) is 11.0 Å². The van der Waals surface area contributed by atoms with Crippen LogP contribution < -0.4 is 19.6 Å². The minimum absolute atomic E-state index is 0.168. The molecule has 30 heavy (non-hydrogen) atoms. The van der Waals surface area contributed by atoms with Crippen LogP contribution in [-0.4, -0.2) is 7.11 Å². The summed E-state index contributed by atoms with van der Waals surface area (Å²) in [4.78, 5) is 13.0. The van der Waals surface area contributed by atoms with Gasteiger partial charge in [-0.2, -0.15) is 0 Å². The van der Waals surface area contributed by atoms with Gasteiger partial charge in [-0.1, -0.05) is 24.3 Å². The summed E-state index contributed by atoms with van der Waals surface area (Å²) in [5.74, 6) is 2.52. The lowest BCUT2D eigenvalue weighted by atomic mass is 10.2. The fourth-order valence-corrected chi connectivity index (χ4v) is 3.37. The summed E-state index contributed by atoms with van der Waals surface area (Å²) in [6, 6.07) is 20.1. The average Bonchev–Trinajstić information content (AvgIpc) is 2.76. The molecule has 0 aliphatic heterocycles. The second kappa shape index (κ2) is 8.63. The first-order chi connectivity index (χ1) is 14.5. The summed E-state index contributed by atoms with van der Waals surface area (Å²) in [5, 5.41) is 0.430. The lowest BCUT2D eigenvalue weighted by molar-refractivity contribution is 0.306. The van der Waals surface area contributed by atoms with Crippen molar-refractivity contribution < 1.29 is 18.6 Å². The van der Waals surface area contributed by atoms with E-state index in [-0.39, 0.29) is 11.2 Å². The third kappa shape index (κ3) is 4.19. The first-order valence-electron chi connectivity index (χ1n) is 9.31. The number of rotatable bonds is 6. The summed E-state index contributed by atoms with van der Waals surface area (Å²) < 4.78 is 23.5. The lowest BCUT2D eigenvalue weighted by Gasteiger charge is -2.11. The average molecular weight is 467 g/mol. The lowest BCUT2D eigenvalue weighted by Crippen LogP contribution is -2.07. The number of para-hydroxylation sites is 1. The van der Waals surface area contributed by atoms with Crippen molar-refractivity contribution in [2.45, 2.75) is 13.5 Å². The van der Waals surface area contributed by atoms with E-state index in [0.717, 1.165) is 15.8 Å². The molecule has 3 aromatic carbocycles. The fraction of sp³-hybridized carbons (Fsp3) is 0.125. The number of hydrogen-bond acceptors (Lipinski definition) is 5. The normalized spacial score (nSPS) is 10.8. The predicted octanol–water partition coefficient (Wildman–Crippen LogP) is 6.24. The van der Waals surface area contributed by atoms with Crippen LogP contribution in [0, 0.1) is 6.92 Å². The molecule has 1 heterocycles. The van der Waals surface area contributed by atoms with E-state index in [4.69, 9.17) is 18.6 Å². The van der Waals surface area contributed by atoms with E-state index < -0.39 is 0 Å². The van der Waals surface area contributed by atoms with E-state index in [0.29, 0.717) is 34.8 Å². The van der Waals surface area contributed by atoms with Gasteiger partial charge in [-0.3, -0.25) is 4.79 Å². The Morgan fingerprint density at radius 2 is 1.70 bits per heavy atom. The van der Waals surface area contributed by atoms with Crippen molar-refractivity contribution in [3.8, 4) is 23.0 Å². The number of aryl methyl sites for hydroxylation is 1. The van der Waals surface area contributed by atoms with Crippen LogP contribution in [0.15, 0.2) is 80.4 Å². The van der Waals surface area contributed by atoms with Gasteiger partial charge < -0.3 is 18.6 Å². The Morgan fingerprint density at radius 1 is 0.967 bits per heavy atom. The first-order valence-corrected chi connectivity index (χ1v) is 10.1. The zero-order valence-corrected chi connectivity index (χ0v) is 18.1. The Bertz CT molecular complexity index is 1240. The Labute approximate surface area is 181 Å². The smallest absolute Gasteiger partial charge is 0.235 e. The van der Waals surface area contributed by atoms with Crippen molar-refractivity contribution in [2.24, 2.45) is 0 Å². The predicted molar refractivity (Wildman–Crippen MR) is 119 cm³/mol. The summed E-state index contributed by atoms with van der Waals surface area (Å²) in [7, 11) is 1.63. The highest BCUT2D eigenvalue weighted by Crippen LogP contribution is 2.31. The molecular weight excluding hydrogens is 448 g/mol. The monoisotopic (exact) mass is 466 g/mol. The van der Waals surface area contributed by atoms with Gasteiger partial charge in [0.05, 0.1) is 17.0 Å². The molecule has 0 atom stereocenters.